The highest BCUT2D eigenvalue weighted by molar-refractivity contribution is 5.94. The fraction of sp³-hybridized carbons (Fsp3) is 0.435. The number of carbonyl (C=O) groups excluding carboxylic acids is 1. The minimum absolute atomic E-state index is 0.180. The Balaban J connectivity index is 1.60. The molecule has 2 aromatic carbocycles. The van der Waals surface area contributed by atoms with Crippen LogP contribution in [-0.4, -0.2) is 19.6 Å². The van der Waals surface area contributed by atoms with E-state index in [1.54, 1.807) is 20.1 Å². The van der Waals surface area contributed by atoms with E-state index in [1.807, 2.05) is 24.3 Å². The molecule has 1 N–H and O–H groups in total. The standard InChI is InChI=1S/C23H28FNO3/c1-16-12-19(23(26)25-14-17-6-4-3-5-7-17)13-21(24)22(16)28-15-18-8-10-20(27-2)11-9-18/h8-13,17H,3-7,14-15H2,1-2H3,(H,25,26). The molecule has 4 nitrogen and oxygen atoms in total. The van der Waals surface area contributed by atoms with E-state index in [2.05, 4.69) is 5.32 Å². The molecular weight excluding hydrogens is 357 g/mol. The molecule has 1 amide bonds. The van der Waals surface area contributed by atoms with Crippen molar-refractivity contribution in [2.75, 3.05) is 13.7 Å². The van der Waals surface area contributed by atoms with Crippen molar-refractivity contribution in [1.82, 2.24) is 5.32 Å². The Morgan fingerprint density at radius 1 is 1.14 bits per heavy atom. The summed E-state index contributed by atoms with van der Waals surface area (Å²) in [4.78, 5) is 12.4. The Bertz CT molecular complexity index is 775. The van der Waals surface area contributed by atoms with E-state index in [1.165, 1.54) is 25.3 Å². The first kappa shape index (κ1) is 20.2. The van der Waals surface area contributed by atoms with Gasteiger partial charge in [-0.25, -0.2) is 4.39 Å². The zero-order valence-electron chi connectivity index (χ0n) is 16.6. The first-order valence-corrected chi connectivity index (χ1v) is 9.91. The first-order valence-electron chi connectivity index (χ1n) is 9.91. The van der Waals surface area contributed by atoms with Crippen molar-refractivity contribution < 1.29 is 18.7 Å². The number of hydrogen-bond donors (Lipinski definition) is 1. The number of rotatable bonds is 7. The third-order valence-electron chi connectivity index (χ3n) is 5.31. The molecule has 0 radical (unpaired) electrons. The molecule has 1 aliphatic rings. The quantitative estimate of drug-likeness (QED) is 0.727. The van der Waals surface area contributed by atoms with Gasteiger partial charge in [0.1, 0.15) is 12.4 Å². The molecule has 150 valence electrons. The Labute approximate surface area is 166 Å². The molecular formula is C23H28FNO3. The lowest BCUT2D eigenvalue weighted by Crippen LogP contribution is -2.30. The summed E-state index contributed by atoms with van der Waals surface area (Å²) in [5, 5.41) is 2.95. The van der Waals surface area contributed by atoms with Crippen LogP contribution in [0.3, 0.4) is 0 Å². The molecule has 0 bridgehead atoms. The maximum atomic E-state index is 14.6. The van der Waals surface area contributed by atoms with Gasteiger partial charge in [-0.05, 0) is 61.1 Å². The van der Waals surface area contributed by atoms with Gasteiger partial charge in [-0.2, -0.15) is 0 Å². The number of halogens is 1. The SMILES string of the molecule is COc1ccc(COc2c(C)cc(C(=O)NCC3CCCCC3)cc2F)cc1. The Morgan fingerprint density at radius 3 is 2.50 bits per heavy atom. The van der Waals surface area contributed by atoms with Gasteiger partial charge in [0.15, 0.2) is 11.6 Å². The van der Waals surface area contributed by atoms with Crippen LogP contribution in [0.2, 0.25) is 0 Å². The topological polar surface area (TPSA) is 47.6 Å². The van der Waals surface area contributed by atoms with Crippen LogP contribution in [0.5, 0.6) is 11.5 Å². The Morgan fingerprint density at radius 2 is 1.86 bits per heavy atom. The lowest BCUT2D eigenvalue weighted by molar-refractivity contribution is 0.0943. The molecule has 3 rings (SSSR count). The number of amides is 1. The summed E-state index contributed by atoms with van der Waals surface area (Å²) in [6, 6.07) is 10.4. The fourth-order valence-electron chi connectivity index (χ4n) is 3.65. The van der Waals surface area contributed by atoms with Crippen LogP contribution in [-0.2, 0) is 6.61 Å². The monoisotopic (exact) mass is 385 g/mol. The van der Waals surface area contributed by atoms with E-state index < -0.39 is 5.82 Å². The van der Waals surface area contributed by atoms with Gasteiger partial charge in [-0.15, -0.1) is 0 Å². The molecule has 1 aliphatic carbocycles. The number of hydrogen-bond acceptors (Lipinski definition) is 3. The molecule has 0 unspecified atom stereocenters. The van der Waals surface area contributed by atoms with Crippen LogP contribution in [0.25, 0.3) is 0 Å². The average Bonchev–Trinajstić information content (AvgIpc) is 2.72. The molecule has 1 saturated carbocycles. The van der Waals surface area contributed by atoms with Crippen LogP contribution >= 0.6 is 0 Å². The lowest BCUT2D eigenvalue weighted by Gasteiger charge is -2.21. The van der Waals surface area contributed by atoms with Gasteiger partial charge in [-0.3, -0.25) is 4.79 Å². The molecule has 0 spiro atoms. The molecule has 2 aromatic rings. The summed E-state index contributed by atoms with van der Waals surface area (Å²) in [6.07, 6.45) is 6.06. The highest BCUT2D eigenvalue weighted by Gasteiger charge is 2.17. The van der Waals surface area contributed by atoms with Crippen LogP contribution < -0.4 is 14.8 Å². The molecule has 0 atom stereocenters. The first-order chi connectivity index (χ1) is 13.6. The van der Waals surface area contributed by atoms with E-state index in [4.69, 9.17) is 9.47 Å². The number of aryl methyl sites for hydroxylation is 1. The summed E-state index contributed by atoms with van der Waals surface area (Å²) in [6.45, 7) is 2.66. The van der Waals surface area contributed by atoms with Crippen molar-refractivity contribution in [2.24, 2.45) is 5.92 Å². The van der Waals surface area contributed by atoms with E-state index in [0.717, 1.165) is 24.2 Å². The van der Waals surface area contributed by atoms with E-state index in [-0.39, 0.29) is 18.3 Å². The van der Waals surface area contributed by atoms with E-state index in [9.17, 15) is 9.18 Å². The summed E-state index contributed by atoms with van der Waals surface area (Å²) < 4.78 is 25.4. The number of ether oxygens (including phenoxy) is 2. The molecule has 28 heavy (non-hydrogen) atoms. The molecule has 0 aliphatic heterocycles. The largest absolute Gasteiger partial charge is 0.497 e. The van der Waals surface area contributed by atoms with Crippen molar-refractivity contribution in [3.05, 3.63) is 58.9 Å². The molecule has 5 heteroatoms. The number of carbonyl (C=O) groups is 1. The van der Waals surface area contributed by atoms with Gasteiger partial charge in [0.25, 0.3) is 5.91 Å². The van der Waals surface area contributed by atoms with E-state index >= 15 is 0 Å². The smallest absolute Gasteiger partial charge is 0.251 e. The van der Waals surface area contributed by atoms with Crippen LogP contribution in [0.4, 0.5) is 4.39 Å². The predicted molar refractivity (Wildman–Crippen MR) is 107 cm³/mol. The summed E-state index contributed by atoms with van der Waals surface area (Å²) in [7, 11) is 1.61. The van der Waals surface area contributed by atoms with Gasteiger partial charge >= 0.3 is 0 Å². The second kappa shape index (κ2) is 9.58. The average molecular weight is 385 g/mol. The summed E-state index contributed by atoms with van der Waals surface area (Å²) >= 11 is 0. The Hall–Kier alpha value is -2.56. The van der Waals surface area contributed by atoms with E-state index in [0.29, 0.717) is 23.6 Å². The highest BCUT2D eigenvalue weighted by atomic mass is 19.1. The van der Waals surface area contributed by atoms with Crippen molar-refractivity contribution >= 4 is 5.91 Å². The molecule has 1 fully saturated rings. The normalized spacial score (nSPS) is 14.5. The highest BCUT2D eigenvalue weighted by Crippen LogP contribution is 2.26. The third kappa shape index (κ3) is 5.24. The molecule has 0 saturated heterocycles. The summed E-state index contributed by atoms with van der Waals surface area (Å²) in [5.41, 5.74) is 1.85. The van der Waals surface area contributed by atoms with Crippen LogP contribution in [0.1, 0.15) is 53.6 Å². The number of nitrogens with one attached hydrogen (secondary N) is 1. The molecule has 0 heterocycles. The van der Waals surface area contributed by atoms with Crippen LogP contribution in [0, 0.1) is 18.7 Å². The maximum absolute atomic E-state index is 14.6. The van der Waals surface area contributed by atoms with Gasteiger partial charge in [0.2, 0.25) is 0 Å². The third-order valence-corrected chi connectivity index (χ3v) is 5.31. The fourth-order valence-corrected chi connectivity index (χ4v) is 3.65. The minimum atomic E-state index is -0.517. The van der Waals surface area contributed by atoms with Crippen molar-refractivity contribution in [2.45, 2.75) is 45.6 Å². The lowest BCUT2D eigenvalue weighted by atomic mass is 9.89. The number of methoxy groups -OCH3 is 1. The molecule has 0 aromatic heterocycles. The van der Waals surface area contributed by atoms with Gasteiger partial charge in [-0.1, -0.05) is 31.4 Å². The van der Waals surface area contributed by atoms with Crippen molar-refractivity contribution in [1.29, 1.82) is 0 Å². The predicted octanol–water partition coefficient (Wildman–Crippen LogP) is 5.03. The van der Waals surface area contributed by atoms with Crippen molar-refractivity contribution in [3.63, 3.8) is 0 Å². The maximum Gasteiger partial charge on any atom is 0.251 e. The second-order valence-electron chi connectivity index (χ2n) is 7.45. The van der Waals surface area contributed by atoms with Crippen molar-refractivity contribution in [3.8, 4) is 11.5 Å². The zero-order valence-corrected chi connectivity index (χ0v) is 16.6. The van der Waals surface area contributed by atoms with Crippen LogP contribution in [0.15, 0.2) is 36.4 Å². The van der Waals surface area contributed by atoms with Gasteiger partial charge in [0, 0.05) is 12.1 Å². The second-order valence-corrected chi connectivity index (χ2v) is 7.45. The Kier molecular flexibility index (Phi) is 6.90. The summed E-state index contributed by atoms with van der Waals surface area (Å²) in [5.74, 6) is 0.732. The zero-order chi connectivity index (χ0) is 19.9. The minimum Gasteiger partial charge on any atom is -0.497 e. The number of benzene rings is 2. The van der Waals surface area contributed by atoms with Gasteiger partial charge in [0.05, 0.1) is 7.11 Å². The van der Waals surface area contributed by atoms with Gasteiger partial charge < -0.3 is 14.8 Å².